The van der Waals surface area contributed by atoms with Crippen LogP contribution >= 0.6 is 0 Å². The minimum atomic E-state index is -0.776. The van der Waals surface area contributed by atoms with E-state index in [2.05, 4.69) is 4.74 Å². The number of carbonyl (C=O) groups excluding carboxylic acids is 2. The zero-order chi connectivity index (χ0) is 15.0. The number of ether oxygens (including phenoxy) is 2. The molecule has 20 heavy (non-hydrogen) atoms. The van der Waals surface area contributed by atoms with Crippen LogP contribution in [-0.2, 0) is 4.74 Å². The van der Waals surface area contributed by atoms with Gasteiger partial charge in [0.25, 0.3) is 5.91 Å². The fourth-order valence-corrected chi connectivity index (χ4v) is 1.62. The molecule has 0 heterocycles. The lowest BCUT2D eigenvalue weighted by Gasteiger charge is -2.19. The second kappa shape index (κ2) is 8.16. The van der Waals surface area contributed by atoms with Crippen LogP contribution < -0.4 is 4.74 Å². The van der Waals surface area contributed by atoms with Gasteiger partial charge in [-0.25, -0.2) is 4.79 Å². The molecule has 0 atom stereocenters. The summed E-state index contributed by atoms with van der Waals surface area (Å²) in [5, 5.41) is 8.89. The van der Waals surface area contributed by atoms with Crippen molar-refractivity contribution in [2.45, 2.75) is 13.8 Å². The molecule has 0 saturated heterocycles. The number of rotatable bonds is 6. The summed E-state index contributed by atoms with van der Waals surface area (Å²) in [6.45, 7) is 4.48. The highest BCUT2D eigenvalue weighted by Gasteiger charge is 2.14. The number of amides is 1. The van der Waals surface area contributed by atoms with E-state index in [1.807, 2.05) is 6.92 Å². The van der Waals surface area contributed by atoms with Crippen LogP contribution in [0.1, 0.15) is 24.2 Å². The van der Waals surface area contributed by atoms with E-state index >= 15 is 0 Å². The summed E-state index contributed by atoms with van der Waals surface area (Å²) in [5.74, 6) is 0.134. The Kier molecular flexibility index (Phi) is 6.52. The second-order valence-corrected chi connectivity index (χ2v) is 3.92. The van der Waals surface area contributed by atoms with Crippen LogP contribution in [0.25, 0.3) is 0 Å². The molecule has 0 aliphatic carbocycles. The van der Waals surface area contributed by atoms with Gasteiger partial charge in [-0.05, 0) is 38.1 Å². The van der Waals surface area contributed by atoms with E-state index in [0.717, 1.165) is 0 Å². The Labute approximate surface area is 117 Å². The molecule has 0 fully saturated rings. The van der Waals surface area contributed by atoms with Gasteiger partial charge in [-0.1, -0.05) is 0 Å². The van der Waals surface area contributed by atoms with Gasteiger partial charge in [-0.15, -0.1) is 0 Å². The molecule has 0 aliphatic heterocycles. The van der Waals surface area contributed by atoms with E-state index in [4.69, 9.17) is 9.84 Å². The minimum absolute atomic E-state index is 0.0797. The van der Waals surface area contributed by atoms with E-state index < -0.39 is 6.16 Å². The van der Waals surface area contributed by atoms with Crippen LogP contribution in [0.4, 0.5) is 4.79 Å². The van der Waals surface area contributed by atoms with Crippen molar-refractivity contribution in [1.82, 2.24) is 4.90 Å². The summed E-state index contributed by atoms with van der Waals surface area (Å²) in [4.78, 5) is 24.7. The maximum atomic E-state index is 12.1. The van der Waals surface area contributed by atoms with Gasteiger partial charge in [0.2, 0.25) is 0 Å². The normalized spacial score (nSPS) is 9.95. The van der Waals surface area contributed by atoms with Gasteiger partial charge in [0.1, 0.15) is 5.75 Å². The first-order valence-electron chi connectivity index (χ1n) is 6.47. The van der Waals surface area contributed by atoms with Crippen LogP contribution in [-0.4, -0.2) is 48.4 Å². The van der Waals surface area contributed by atoms with Crippen LogP contribution in [0.2, 0.25) is 0 Å². The lowest BCUT2D eigenvalue weighted by molar-refractivity contribution is 0.0732. The number of benzene rings is 1. The lowest BCUT2D eigenvalue weighted by Crippen LogP contribution is -2.33. The van der Waals surface area contributed by atoms with Gasteiger partial charge in [0.15, 0.2) is 0 Å². The van der Waals surface area contributed by atoms with Crippen molar-refractivity contribution in [2.24, 2.45) is 0 Å². The van der Waals surface area contributed by atoms with E-state index in [1.165, 1.54) is 17.0 Å². The van der Waals surface area contributed by atoms with Crippen LogP contribution in [0, 0.1) is 0 Å². The predicted octanol–water partition coefficient (Wildman–Crippen LogP) is 1.68. The highest BCUT2D eigenvalue weighted by Crippen LogP contribution is 2.14. The van der Waals surface area contributed by atoms with Gasteiger partial charge in [0, 0.05) is 18.7 Å². The van der Waals surface area contributed by atoms with E-state index in [0.29, 0.717) is 17.9 Å². The zero-order valence-corrected chi connectivity index (χ0v) is 11.7. The fourth-order valence-electron chi connectivity index (χ4n) is 1.62. The van der Waals surface area contributed by atoms with Gasteiger partial charge in [0.05, 0.1) is 13.2 Å². The molecular weight excluding hydrogens is 262 g/mol. The van der Waals surface area contributed by atoms with Gasteiger partial charge in [-0.3, -0.25) is 4.79 Å². The van der Waals surface area contributed by atoms with Crippen LogP contribution in [0.5, 0.6) is 5.75 Å². The van der Waals surface area contributed by atoms with Gasteiger partial charge >= 0.3 is 6.16 Å². The molecule has 0 aliphatic rings. The molecule has 1 amide bonds. The van der Waals surface area contributed by atoms with E-state index in [9.17, 15) is 9.59 Å². The summed E-state index contributed by atoms with van der Waals surface area (Å²) in [5.41, 5.74) is 0.469. The topological polar surface area (TPSA) is 76.1 Å². The van der Waals surface area contributed by atoms with Gasteiger partial charge in [-0.2, -0.15) is 0 Å². The maximum absolute atomic E-state index is 12.1. The highest BCUT2D eigenvalue weighted by atomic mass is 16.7. The van der Waals surface area contributed by atoms with Crippen LogP contribution in [0.3, 0.4) is 0 Å². The maximum Gasteiger partial charge on any atom is 0.513 e. The Hall–Kier alpha value is -2.08. The van der Waals surface area contributed by atoms with Crippen LogP contribution in [0.15, 0.2) is 24.3 Å². The Bertz CT molecular complexity index is 443. The molecule has 110 valence electrons. The molecule has 0 spiro atoms. The fraction of sp³-hybridized carbons (Fsp3) is 0.429. The third-order valence-corrected chi connectivity index (χ3v) is 2.60. The third kappa shape index (κ3) is 4.55. The van der Waals surface area contributed by atoms with Crippen molar-refractivity contribution in [3.63, 3.8) is 0 Å². The third-order valence-electron chi connectivity index (χ3n) is 2.60. The minimum Gasteiger partial charge on any atom is -0.434 e. The smallest absolute Gasteiger partial charge is 0.434 e. The molecule has 6 nitrogen and oxygen atoms in total. The number of nitrogens with zero attached hydrogens (tertiary/aromatic N) is 1. The second-order valence-electron chi connectivity index (χ2n) is 3.92. The summed E-state index contributed by atoms with van der Waals surface area (Å²) >= 11 is 0. The first-order chi connectivity index (χ1) is 9.62. The van der Waals surface area contributed by atoms with E-state index in [1.54, 1.807) is 19.1 Å². The Morgan fingerprint density at radius 3 is 2.35 bits per heavy atom. The average Bonchev–Trinajstić information content (AvgIpc) is 2.45. The summed E-state index contributed by atoms with van der Waals surface area (Å²) in [6, 6.07) is 6.18. The lowest BCUT2D eigenvalue weighted by atomic mass is 10.2. The number of hydrogen-bond acceptors (Lipinski definition) is 5. The molecule has 0 aromatic heterocycles. The van der Waals surface area contributed by atoms with Crippen molar-refractivity contribution in [1.29, 1.82) is 0 Å². The summed E-state index contributed by atoms with van der Waals surface area (Å²) in [7, 11) is 0. The molecule has 0 bridgehead atoms. The average molecular weight is 281 g/mol. The molecule has 1 aromatic rings. The Morgan fingerprint density at radius 1 is 1.20 bits per heavy atom. The van der Waals surface area contributed by atoms with Crippen molar-refractivity contribution >= 4 is 12.1 Å². The van der Waals surface area contributed by atoms with Crippen molar-refractivity contribution < 1.29 is 24.2 Å². The summed E-state index contributed by atoms with van der Waals surface area (Å²) < 4.78 is 9.54. The quantitative estimate of drug-likeness (QED) is 0.634. The number of aliphatic hydroxyl groups excluding tert-OH is 1. The Morgan fingerprint density at radius 2 is 1.85 bits per heavy atom. The Balaban J connectivity index is 2.70. The molecule has 6 heteroatoms. The number of aliphatic hydroxyl groups is 1. The molecule has 0 saturated carbocycles. The standard InChI is InChI=1S/C14H19NO5/c1-3-15(9-10-16)13(17)11-5-7-12(8-6-11)20-14(18)19-4-2/h5-8,16H,3-4,9-10H2,1-2H3. The monoisotopic (exact) mass is 281 g/mol. The first kappa shape index (κ1) is 16.0. The predicted molar refractivity (Wildman–Crippen MR) is 72.8 cm³/mol. The van der Waals surface area contributed by atoms with Crippen molar-refractivity contribution in [3.8, 4) is 5.75 Å². The zero-order valence-electron chi connectivity index (χ0n) is 11.7. The van der Waals surface area contributed by atoms with Crippen molar-refractivity contribution in [3.05, 3.63) is 29.8 Å². The number of carbonyl (C=O) groups is 2. The molecule has 1 aromatic carbocycles. The first-order valence-corrected chi connectivity index (χ1v) is 6.47. The molecule has 1 rings (SSSR count). The number of likely N-dealkylation sites (N-methyl/N-ethyl adjacent to an activating group) is 1. The molecule has 1 N–H and O–H groups in total. The van der Waals surface area contributed by atoms with E-state index in [-0.39, 0.29) is 25.7 Å². The molecule has 0 radical (unpaired) electrons. The molecule has 0 unspecified atom stereocenters. The summed E-state index contributed by atoms with van der Waals surface area (Å²) in [6.07, 6.45) is -0.776. The highest BCUT2D eigenvalue weighted by molar-refractivity contribution is 5.94. The number of hydrogen-bond donors (Lipinski definition) is 1. The molecular formula is C14H19NO5. The SMILES string of the molecule is CCOC(=O)Oc1ccc(C(=O)N(CC)CCO)cc1. The van der Waals surface area contributed by atoms with Crippen molar-refractivity contribution in [2.75, 3.05) is 26.3 Å². The van der Waals surface area contributed by atoms with Gasteiger partial charge < -0.3 is 19.5 Å². The largest absolute Gasteiger partial charge is 0.513 e.